The molecule has 0 fully saturated rings. The largest absolute Gasteiger partial charge is 0.494 e. The van der Waals surface area contributed by atoms with Crippen LogP contribution in [0.4, 0.5) is 0 Å². The maximum absolute atomic E-state index is 5.89. The van der Waals surface area contributed by atoms with Crippen molar-refractivity contribution < 1.29 is 4.74 Å². The molecule has 0 amide bonds. The highest BCUT2D eigenvalue weighted by molar-refractivity contribution is 5.83. The van der Waals surface area contributed by atoms with Gasteiger partial charge in [-0.25, -0.2) is 0 Å². The molecule has 2 aromatic carbocycles. The molecule has 137 valence electrons. The maximum atomic E-state index is 5.89. The average molecular weight is 340 g/mol. The molecule has 25 heavy (non-hydrogen) atoms. The quantitative estimate of drug-likeness (QED) is 0.320. The summed E-state index contributed by atoms with van der Waals surface area (Å²) in [5.74, 6) is 0.970. The van der Waals surface area contributed by atoms with Gasteiger partial charge in [-0.2, -0.15) is 0 Å². The maximum Gasteiger partial charge on any atom is 0.119 e. The van der Waals surface area contributed by atoms with Crippen LogP contribution < -0.4 is 4.74 Å². The van der Waals surface area contributed by atoms with Gasteiger partial charge in [-0.3, -0.25) is 0 Å². The second-order valence-corrected chi connectivity index (χ2v) is 7.16. The third-order valence-corrected chi connectivity index (χ3v) is 4.90. The Kier molecular flexibility index (Phi) is 10.2. The third kappa shape index (κ3) is 8.43. The van der Waals surface area contributed by atoms with Gasteiger partial charge in [-0.15, -0.1) is 0 Å². The van der Waals surface area contributed by atoms with E-state index in [1.807, 2.05) is 12.1 Å². The van der Waals surface area contributed by atoms with Gasteiger partial charge in [0.1, 0.15) is 5.75 Å². The Bertz CT molecular complexity index is 575. The molecule has 0 bridgehead atoms. The lowest BCUT2D eigenvalue weighted by Crippen LogP contribution is -1.97. The zero-order chi connectivity index (χ0) is 17.6. The summed E-state index contributed by atoms with van der Waals surface area (Å²) >= 11 is 0. The van der Waals surface area contributed by atoms with Crippen molar-refractivity contribution in [3.8, 4) is 5.75 Å². The van der Waals surface area contributed by atoms with Crippen LogP contribution in [0.3, 0.4) is 0 Å². The van der Waals surface area contributed by atoms with E-state index in [0.29, 0.717) is 0 Å². The van der Waals surface area contributed by atoms with Gasteiger partial charge in [0.15, 0.2) is 0 Å². The van der Waals surface area contributed by atoms with Crippen molar-refractivity contribution in [3.05, 3.63) is 42.5 Å². The predicted octanol–water partition coefficient (Wildman–Crippen LogP) is 7.72. The smallest absolute Gasteiger partial charge is 0.119 e. The first kappa shape index (κ1) is 19.8. The minimum absolute atomic E-state index is 0.829. The summed E-state index contributed by atoms with van der Waals surface area (Å²) in [6.45, 7) is 3.11. The molecule has 0 unspecified atom stereocenters. The first-order valence-corrected chi connectivity index (χ1v) is 10.4. The fourth-order valence-electron chi connectivity index (χ4n) is 3.32. The highest BCUT2D eigenvalue weighted by Crippen LogP contribution is 2.20. The lowest BCUT2D eigenvalue weighted by atomic mass is 10.1. The fraction of sp³-hybridized carbons (Fsp3) is 0.583. The fourth-order valence-corrected chi connectivity index (χ4v) is 3.32. The molecule has 0 aromatic heterocycles. The minimum atomic E-state index is 0.829. The van der Waals surface area contributed by atoms with Gasteiger partial charge in [0.2, 0.25) is 0 Å². The van der Waals surface area contributed by atoms with Crippen LogP contribution in [0, 0.1) is 6.07 Å². The summed E-state index contributed by atoms with van der Waals surface area (Å²) in [6.07, 6.45) is 16.6. The Morgan fingerprint density at radius 1 is 0.760 bits per heavy atom. The topological polar surface area (TPSA) is 9.23 Å². The number of hydrogen-bond acceptors (Lipinski definition) is 1. The van der Waals surface area contributed by atoms with Crippen LogP contribution in [0.25, 0.3) is 10.8 Å². The van der Waals surface area contributed by atoms with E-state index in [2.05, 4.69) is 37.3 Å². The Hall–Kier alpha value is -1.50. The van der Waals surface area contributed by atoms with Gasteiger partial charge in [-0.05, 0) is 35.4 Å². The summed E-state index contributed by atoms with van der Waals surface area (Å²) in [5.41, 5.74) is 0. The van der Waals surface area contributed by atoms with E-state index in [0.717, 1.165) is 24.2 Å². The second-order valence-electron chi connectivity index (χ2n) is 7.16. The molecule has 2 aromatic rings. The second kappa shape index (κ2) is 12.8. The van der Waals surface area contributed by atoms with Crippen LogP contribution in [-0.2, 0) is 0 Å². The Morgan fingerprint density at radius 3 is 2.08 bits per heavy atom. The highest BCUT2D eigenvalue weighted by atomic mass is 16.5. The van der Waals surface area contributed by atoms with Crippen LogP contribution in [0.15, 0.2) is 36.4 Å². The Morgan fingerprint density at radius 2 is 1.40 bits per heavy atom. The summed E-state index contributed by atoms with van der Waals surface area (Å²) in [5, 5.41) is 2.36. The monoisotopic (exact) mass is 339 g/mol. The summed E-state index contributed by atoms with van der Waals surface area (Å²) in [4.78, 5) is 0. The molecule has 0 saturated heterocycles. The van der Waals surface area contributed by atoms with E-state index < -0.39 is 0 Å². The number of unbranched alkanes of at least 4 members (excludes halogenated alkanes) is 11. The highest BCUT2D eigenvalue weighted by Gasteiger charge is 1.98. The zero-order valence-corrected chi connectivity index (χ0v) is 16.1. The van der Waals surface area contributed by atoms with Gasteiger partial charge in [0.05, 0.1) is 6.61 Å². The van der Waals surface area contributed by atoms with E-state index in [4.69, 9.17) is 4.74 Å². The van der Waals surface area contributed by atoms with Crippen LogP contribution in [0.5, 0.6) is 5.75 Å². The molecule has 0 atom stereocenters. The molecule has 0 aliphatic heterocycles. The predicted molar refractivity (Wildman–Crippen MR) is 109 cm³/mol. The van der Waals surface area contributed by atoms with E-state index in [-0.39, 0.29) is 0 Å². The van der Waals surface area contributed by atoms with Crippen LogP contribution >= 0.6 is 0 Å². The van der Waals surface area contributed by atoms with E-state index in [1.165, 1.54) is 76.0 Å². The Balaban J connectivity index is 1.43. The number of rotatable bonds is 14. The van der Waals surface area contributed by atoms with E-state index >= 15 is 0 Å². The van der Waals surface area contributed by atoms with Gasteiger partial charge in [0.25, 0.3) is 0 Å². The normalized spacial score (nSPS) is 11.1. The van der Waals surface area contributed by atoms with Gasteiger partial charge >= 0.3 is 0 Å². The van der Waals surface area contributed by atoms with Crippen LogP contribution in [0.2, 0.25) is 0 Å². The van der Waals surface area contributed by atoms with Crippen LogP contribution in [0.1, 0.15) is 84.0 Å². The van der Waals surface area contributed by atoms with E-state index in [1.54, 1.807) is 0 Å². The van der Waals surface area contributed by atoms with Gasteiger partial charge in [-0.1, -0.05) is 102 Å². The first-order chi connectivity index (χ1) is 12.4. The van der Waals surface area contributed by atoms with E-state index in [9.17, 15) is 0 Å². The van der Waals surface area contributed by atoms with Crippen molar-refractivity contribution in [2.45, 2.75) is 84.0 Å². The van der Waals surface area contributed by atoms with Gasteiger partial charge in [0, 0.05) is 0 Å². The molecular formula is C24H35O. The summed E-state index contributed by atoms with van der Waals surface area (Å²) < 4.78 is 5.89. The lowest BCUT2D eigenvalue weighted by Gasteiger charge is -2.07. The molecule has 0 spiro atoms. The standard InChI is InChI=1S/C24H35O/c1-2-3-4-5-6-7-8-9-10-11-12-15-20-25-24-19-18-22-16-13-14-17-23(22)21-24/h13-14,16,18-19,21H,2-12,15,20H2,1H3. The summed E-state index contributed by atoms with van der Waals surface area (Å²) in [7, 11) is 0. The van der Waals surface area contributed by atoms with Crippen molar-refractivity contribution in [2.24, 2.45) is 0 Å². The lowest BCUT2D eigenvalue weighted by molar-refractivity contribution is 0.304. The zero-order valence-electron chi connectivity index (χ0n) is 16.1. The number of ether oxygens (including phenoxy) is 1. The molecule has 1 radical (unpaired) electrons. The SMILES string of the molecule is CCCCCCCCCCCCCCOc1ccc2ccc[c]c2c1. The molecule has 1 nitrogen and oxygen atoms in total. The van der Waals surface area contributed by atoms with Crippen molar-refractivity contribution in [2.75, 3.05) is 6.61 Å². The molecule has 0 saturated carbocycles. The van der Waals surface area contributed by atoms with Crippen molar-refractivity contribution in [1.82, 2.24) is 0 Å². The molecule has 2 rings (SSSR count). The summed E-state index contributed by atoms with van der Waals surface area (Å²) in [6, 6.07) is 15.6. The molecule has 0 aliphatic rings. The molecule has 0 heterocycles. The van der Waals surface area contributed by atoms with Crippen LogP contribution in [-0.4, -0.2) is 6.61 Å². The van der Waals surface area contributed by atoms with Crippen molar-refractivity contribution >= 4 is 10.8 Å². The first-order valence-electron chi connectivity index (χ1n) is 10.4. The Labute approximate surface area is 154 Å². The van der Waals surface area contributed by atoms with Gasteiger partial charge < -0.3 is 4.74 Å². The third-order valence-electron chi connectivity index (χ3n) is 4.90. The number of fused-ring (bicyclic) bond motifs is 1. The van der Waals surface area contributed by atoms with Crippen molar-refractivity contribution in [3.63, 3.8) is 0 Å². The molecule has 0 aliphatic carbocycles. The molecule has 0 N–H and O–H groups in total. The average Bonchev–Trinajstić information content (AvgIpc) is 2.65. The molecular weight excluding hydrogens is 304 g/mol. The van der Waals surface area contributed by atoms with Crippen molar-refractivity contribution in [1.29, 1.82) is 0 Å². The molecule has 1 heteroatoms. The minimum Gasteiger partial charge on any atom is -0.494 e. The number of hydrogen-bond donors (Lipinski definition) is 0. The number of benzene rings is 2.